The average molecular weight is 245 g/mol. The Morgan fingerprint density at radius 1 is 1.17 bits per heavy atom. The molecule has 2 aromatic rings. The van der Waals surface area contributed by atoms with E-state index in [4.69, 9.17) is 0 Å². The number of hydrogen-bond donors (Lipinski definition) is 2. The Labute approximate surface area is 106 Å². The molecule has 0 bridgehead atoms. The summed E-state index contributed by atoms with van der Waals surface area (Å²) in [7, 11) is 1.84. The average Bonchev–Trinajstić information content (AvgIpc) is 2.39. The van der Waals surface area contributed by atoms with Crippen molar-refractivity contribution in [1.29, 1.82) is 0 Å². The molecule has 0 fully saturated rings. The number of benzene rings is 1. The molecule has 94 valence electrons. The highest BCUT2D eigenvalue weighted by Gasteiger charge is 2.06. The lowest BCUT2D eigenvalue weighted by Crippen LogP contribution is -2.07. The quantitative estimate of drug-likeness (QED) is 0.866. The number of nitrogens with zero attached hydrogens (tertiary/aromatic N) is 1. The van der Waals surface area contributed by atoms with E-state index in [0.717, 1.165) is 16.9 Å². The van der Waals surface area contributed by atoms with E-state index < -0.39 is 0 Å². The summed E-state index contributed by atoms with van der Waals surface area (Å²) in [4.78, 5) is 4.12. The monoisotopic (exact) mass is 245 g/mol. The van der Waals surface area contributed by atoms with E-state index in [1.165, 1.54) is 12.1 Å². The maximum atomic E-state index is 13.1. The fraction of sp³-hybridized carbons (Fsp3) is 0.214. The van der Waals surface area contributed by atoms with Crippen molar-refractivity contribution in [3.8, 4) is 0 Å². The van der Waals surface area contributed by atoms with Crippen LogP contribution >= 0.6 is 0 Å². The summed E-state index contributed by atoms with van der Waals surface area (Å²) in [6.07, 6.45) is 3.49. The Morgan fingerprint density at radius 2 is 1.94 bits per heavy atom. The van der Waals surface area contributed by atoms with Crippen molar-refractivity contribution in [2.45, 2.75) is 13.0 Å². The minimum Gasteiger partial charge on any atom is -0.387 e. The van der Waals surface area contributed by atoms with Gasteiger partial charge >= 0.3 is 0 Å². The predicted molar refractivity (Wildman–Crippen MR) is 72.2 cm³/mol. The number of rotatable bonds is 4. The Bertz CT molecular complexity index is 528. The molecule has 1 atom stereocenters. The fourth-order valence-electron chi connectivity index (χ4n) is 1.76. The molecule has 0 saturated heterocycles. The lowest BCUT2D eigenvalue weighted by Gasteiger charge is -2.16. The number of anilines is 2. The van der Waals surface area contributed by atoms with E-state index >= 15 is 0 Å². The van der Waals surface area contributed by atoms with Crippen LogP contribution in [0.25, 0.3) is 0 Å². The second-order valence-corrected chi connectivity index (χ2v) is 4.13. The number of nitrogens with one attached hydrogen (secondary N) is 2. The number of aromatic nitrogens is 1. The maximum Gasteiger partial charge on any atom is 0.123 e. The zero-order chi connectivity index (χ0) is 13.0. The molecule has 2 N–H and O–H groups in total. The lowest BCUT2D eigenvalue weighted by molar-refractivity contribution is 0.623. The Kier molecular flexibility index (Phi) is 3.77. The van der Waals surface area contributed by atoms with Crippen LogP contribution in [0.15, 0.2) is 42.7 Å². The molecular formula is C14H16FN3. The van der Waals surface area contributed by atoms with E-state index in [9.17, 15) is 4.39 Å². The second kappa shape index (κ2) is 5.49. The summed E-state index contributed by atoms with van der Waals surface area (Å²) in [6.45, 7) is 1.99. The first-order chi connectivity index (χ1) is 8.69. The molecule has 0 aliphatic rings. The number of pyridine rings is 1. The van der Waals surface area contributed by atoms with Crippen LogP contribution in [-0.4, -0.2) is 12.0 Å². The molecule has 0 spiro atoms. The standard InChI is InChI=1S/C14H16FN3/c1-10(11-4-3-5-12(15)6-11)18-14-7-13(16-2)8-17-9-14/h3-10,16,18H,1-2H3. The van der Waals surface area contributed by atoms with Crippen LogP contribution in [-0.2, 0) is 0 Å². The molecule has 1 aromatic carbocycles. The van der Waals surface area contributed by atoms with E-state index in [0.29, 0.717) is 0 Å². The summed E-state index contributed by atoms with van der Waals surface area (Å²) in [6, 6.07) is 8.57. The molecule has 1 unspecified atom stereocenters. The third-order valence-electron chi connectivity index (χ3n) is 2.76. The third kappa shape index (κ3) is 2.97. The van der Waals surface area contributed by atoms with Gasteiger partial charge in [0.2, 0.25) is 0 Å². The van der Waals surface area contributed by atoms with E-state index in [1.807, 2.05) is 26.1 Å². The van der Waals surface area contributed by atoms with Crippen LogP contribution in [0.2, 0.25) is 0 Å². The largest absolute Gasteiger partial charge is 0.387 e. The number of halogens is 1. The van der Waals surface area contributed by atoms with Crippen molar-refractivity contribution >= 4 is 11.4 Å². The summed E-state index contributed by atoms with van der Waals surface area (Å²) in [5.74, 6) is -0.219. The molecule has 2 rings (SSSR count). The van der Waals surface area contributed by atoms with Gasteiger partial charge in [0.1, 0.15) is 5.82 Å². The molecule has 0 saturated carbocycles. The van der Waals surface area contributed by atoms with Gasteiger partial charge in [-0.25, -0.2) is 4.39 Å². The minimum absolute atomic E-state index is 0.0228. The highest BCUT2D eigenvalue weighted by atomic mass is 19.1. The van der Waals surface area contributed by atoms with Crippen molar-refractivity contribution in [2.24, 2.45) is 0 Å². The highest BCUT2D eigenvalue weighted by Crippen LogP contribution is 2.21. The van der Waals surface area contributed by atoms with Crippen LogP contribution in [0.3, 0.4) is 0 Å². The highest BCUT2D eigenvalue weighted by molar-refractivity contribution is 5.54. The Balaban J connectivity index is 2.13. The second-order valence-electron chi connectivity index (χ2n) is 4.13. The van der Waals surface area contributed by atoms with Gasteiger partial charge in [0.15, 0.2) is 0 Å². The first kappa shape index (κ1) is 12.4. The van der Waals surface area contributed by atoms with Crippen molar-refractivity contribution in [3.63, 3.8) is 0 Å². The molecule has 18 heavy (non-hydrogen) atoms. The van der Waals surface area contributed by atoms with Crippen LogP contribution in [0.5, 0.6) is 0 Å². The minimum atomic E-state index is -0.219. The van der Waals surface area contributed by atoms with Crippen LogP contribution in [0, 0.1) is 5.82 Å². The van der Waals surface area contributed by atoms with Gasteiger partial charge < -0.3 is 10.6 Å². The van der Waals surface area contributed by atoms with Gasteiger partial charge in [-0.15, -0.1) is 0 Å². The molecule has 1 heterocycles. The van der Waals surface area contributed by atoms with Gasteiger partial charge in [0.05, 0.1) is 23.8 Å². The fourth-order valence-corrected chi connectivity index (χ4v) is 1.76. The van der Waals surface area contributed by atoms with Crippen molar-refractivity contribution in [1.82, 2.24) is 4.98 Å². The van der Waals surface area contributed by atoms with Crippen LogP contribution in [0.4, 0.5) is 15.8 Å². The molecule has 4 heteroatoms. The maximum absolute atomic E-state index is 13.1. The Hall–Kier alpha value is -2.10. The lowest BCUT2D eigenvalue weighted by atomic mass is 10.1. The van der Waals surface area contributed by atoms with E-state index in [1.54, 1.807) is 18.5 Å². The first-order valence-electron chi connectivity index (χ1n) is 5.84. The van der Waals surface area contributed by atoms with E-state index in [-0.39, 0.29) is 11.9 Å². The van der Waals surface area contributed by atoms with Gasteiger partial charge in [0.25, 0.3) is 0 Å². The number of hydrogen-bond acceptors (Lipinski definition) is 3. The van der Waals surface area contributed by atoms with Crippen molar-refractivity contribution < 1.29 is 4.39 Å². The van der Waals surface area contributed by atoms with Crippen LogP contribution in [0.1, 0.15) is 18.5 Å². The molecule has 0 aliphatic carbocycles. The SMILES string of the molecule is CNc1cncc(NC(C)c2cccc(F)c2)c1. The summed E-state index contributed by atoms with van der Waals surface area (Å²) in [5.41, 5.74) is 2.75. The van der Waals surface area contributed by atoms with Crippen molar-refractivity contribution in [2.75, 3.05) is 17.7 Å². The van der Waals surface area contributed by atoms with Gasteiger partial charge in [-0.3, -0.25) is 4.98 Å². The van der Waals surface area contributed by atoms with Gasteiger partial charge in [-0.1, -0.05) is 12.1 Å². The van der Waals surface area contributed by atoms with E-state index in [2.05, 4.69) is 15.6 Å². The summed E-state index contributed by atoms with van der Waals surface area (Å²) in [5, 5.41) is 6.32. The third-order valence-corrected chi connectivity index (χ3v) is 2.76. The summed E-state index contributed by atoms with van der Waals surface area (Å²) >= 11 is 0. The molecular weight excluding hydrogens is 229 g/mol. The van der Waals surface area contributed by atoms with Gasteiger partial charge in [-0.2, -0.15) is 0 Å². The summed E-state index contributed by atoms with van der Waals surface area (Å²) < 4.78 is 13.1. The molecule has 0 aliphatic heterocycles. The van der Waals surface area contributed by atoms with Gasteiger partial charge in [0, 0.05) is 13.1 Å². The zero-order valence-corrected chi connectivity index (χ0v) is 10.4. The topological polar surface area (TPSA) is 37.0 Å². The zero-order valence-electron chi connectivity index (χ0n) is 10.4. The smallest absolute Gasteiger partial charge is 0.123 e. The molecule has 3 nitrogen and oxygen atoms in total. The Morgan fingerprint density at radius 3 is 2.67 bits per heavy atom. The molecule has 0 amide bonds. The molecule has 1 aromatic heterocycles. The first-order valence-corrected chi connectivity index (χ1v) is 5.84. The van der Waals surface area contributed by atoms with Crippen molar-refractivity contribution in [3.05, 3.63) is 54.1 Å². The predicted octanol–water partition coefficient (Wildman–Crippen LogP) is 3.44. The van der Waals surface area contributed by atoms with Gasteiger partial charge in [-0.05, 0) is 30.7 Å². The molecule has 0 radical (unpaired) electrons. The van der Waals surface area contributed by atoms with Crippen LogP contribution < -0.4 is 10.6 Å². The normalized spacial score (nSPS) is 11.9.